The largest absolute Gasteiger partial charge is 0.438 e. The maximum Gasteiger partial charge on any atom is 0.226 e. The Morgan fingerprint density at radius 3 is 2.61 bits per heavy atom. The van der Waals surface area contributed by atoms with Gasteiger partial charge in [-0.2, -0.15) is 0 Å². The van der Waals surface area contributed by atoms with Gasteiger partial charge in [0.1, 0.15) is 5.75 Å². The van der Waals surface area contributed by atoms with Crippen LogP contribution in [0.2, 0.25) is 0 Å². The van der Waals surface area contributed by atoms with Crippen molar-refractivity contribution in [3.63, 3.8) is 0 Å². The lowest BCUT2D eigenvalue weighted by Crippen LogP contribution is -2.25. The van der Waals surface area contributed by atoms with Gasteiger partial charge in [0, 0.05) is 36.3 Å². The number of hydrogen-bond acceptors (Lipinski definition) is 3. The first-order valence-electron chi connectivity index (χ1n) is 7.91. The van der Waals surface area contributed by atoms with Crippen LogP contribution in [0.5, 0.6) is 11.6 Å². The van der Waals surface area contributed by atoms with Crippen molar-refractivity contribution in [2.45, 2.75) is 19.8 Å². The molecule has 3 heteroatoms. The van der Waals surface area contributed by atoms with Gasteiger partial charge in [-0.1, -0.05) is 18.7 Å². The number of aromatic nitrogens is 1. The molecular weight excluding hydrogens is 284 g/mol. The molecule has 0 aliphatic carbocycles. The van der Waals surface area contributed by atoms with Crippen LogP contribution in [0, 0.1) is 0 Å². The Labute approximate surface area is 138 Å². The van der Waals surface area contributed by atoms with Gasteiger partial charge in [0.25, 0.3) is 0 Å². The maximum absolute atomic E-state index is 5.97. The first kappa shape index (κ1) is 16.8. The minimum absolute atomic E-state index is 0.614. The smallest absolute Gasteiger partial charge is 0.226 e. The van der Waals surface area contributed by atoms with E-state index in [1.54, 1.807) is 6.20 Å². The highest BCUT2D eigenvalue weighted by molar-refractivity contribution is 5.52. The molecule has 0 bridgehead atoms. The third-order valence-corrected chi connectivity index (χ3v) is 3.84. The van der Waals surface area contributed by atoms with E-state index in [1.165, 1.54) is 18.5 Å². The molecule has 3 nitrogen and oxygen atoms in total. The number of rotatable bonds is 3. The summed E-state index contributed by atoms with van der Waals surface area (Å²) < 4.78 is 5.97. The molecule has 0 saturated carbocycles. The summed E-state index contributed by atoms with van der Waals surface area (Å²) in [5, 5.41) is 1.88. The lowest BCUT2D eigenvalue weighted by Gasteiger charge is -2.18. The quantitative estimate of drug-likeness (QED) is 0.812. The lowest BCUT2D eigenvalue weighted by atomic mass is 10.2. The first-order chi connectivity index (χ1) is 11.3. The second-order valence-corrected chi connectivity index (χ2v) is 5.27. The topological polar surface area (TPSA) is 25.4 Å². The minimum Gasteiger partial charge on any atom is -0.438 e. The molecular formula is C20H24N2O. The summed E-state index contributed by atoms with van der Waals surface area (Å²) in [4.78, 5) is 6.72. The van der Waals surface area contributed by atoms with Crippen LogP contribution in [0.15, 0.2) is 49.7 Å². The SMILES string of the molecule is C=C.C=c1ccnc(Oc2cccc(N3CCCC3)c2)/c1=C/C. The molecule has 0 spiro atoms. The molecule has 120 valence electrons. The molecule has 3 rings (SSSR count). The van der Waals surface area contributed by atoms with Crippen molar-refractivity contribution in [1.82, 2.24) is 4.98 Å². The van der Waals surface area contributed by atoms with Crippen LogP contribution in [0.1, 0.15) is 19.8 Å². The molecule has 1 aromatic heterocycles. The van der Waals surface area contributed by atoms with Crippen LogP contribution in [0.3, 0.4) is 0 Å². The maximum atomic E-state index is 5.97. The molecule has 1 aliphatic rings. The molecule has 0 unspecified atom stereocenters. The van der Waals surface area contributed by atoms with E-state index in [2.05, 4.69) is 41.8 Å². The highest BCUT2D eigenvalue weighted by Crippen LogP contribution is 2.26. The molecule has 23 heavy (non-hydrogen) atoms. The monoisotopic (exact) mass is 308 g/mol. The predicted molar refractivity (Wildman–Crippen MR) is 98.4 cm³/mol. The van der Waals surface area contributed by atoms with Crippen LogP contribution in [-0.4, -0.2) is 18.1 Å². The van der Waals surface area contributed by atoms with Crippen molar-refractivity contribution < 1.29 is 4.74 Å². The Kier molecular flexibility index (Phi) is 5.98. The van der Waals surface area contributed by atoms with Crippen LogP contribution >= 0.6 is 0 Å². The predicted octanol–water partition coefficient (Wildman–Crippen LogP) is 3.49. The third-order valence-electron chi connectivity index (χ3n) is 3.84. The van der Waals surface area contributed by atoms with E-state index in [-0.39, 0.29) is 0 Å². The van der Waals surface area contributed by atoms with E-state index in [1.807, 2.05) is 31.2 Å². The Morgan fingerprint density at radius 1 is 1.17 bits per heavy atom. The van der Waals surface area contributed by atoms with Crippen molar-refractivity contribution >= 4 is 18.3 Å². The number of pyridine rings is 1. The van der Waals surface area contributed by atoms with Gasteiger partial charge in [0.2, 0.25) is 5.88 Å². The summed E-state index contributed by atoms with van der Waals surface area (Å²) in [7, 11) is 0. The average Bonchev–Trinajstić information content (AvgIpc) is 3.12. The summed E-state index contributed by atoms with van der Waals surface area (Å²) in [6.45, 7) is 14.2. The molecule has 0 radical (unpaired) electrons. The van der Waals surface area contributed by atoms with Gasteiger partial charge < -0.3 is 9.64 Å². The fourth-order valence-electron chi connectivity index (χ4n) is 2.71. The normalized spacial score (nSPS) is 14.3. The highest BCUT2D eigenvalue weighted by Gasteiger charge is 2.13. The Morgan fingerprint density at radius 2 is 1.91 bits per heavy atom. The van der Waals surface area contributed by atoms with Crippen molar-refractivity contribution in [3.8, 4) is 11.6 Å². The first-order valence-corrected chi connectivity index (χ1v) is 7.91. The number of nitrogens with zero attached hydrogens (tertiary/aromatic N) is 2. The second-order valence-electron chi connectivity index (χ2n) is 5.27. The molecule has 0 amide bonds. The lowest BCUT2D eigenvalue weighted by molar-refractivity contribution is 0.458. The van der Waals surface area contributed by atoms with Gasteiger partial charge in [-0.15, -0.1) is 13.2 Å². The molecule has 2 heterocycles. The molecule has 2 aromatic rings. The van der Waals surface area contributed by atoms with E-state index < -0.39 is 0 Å². The number of benzene rings is 1. The Bertz CT molecular complexity index is 748. The average molecular weight is 308 g/mol. The highest BCUT2D eigenvalue weighted by atomic mass is 16.5. The third kappa shape index (κ3) is 4.01. The molecule has 0 atom stereocenters. The zero-order valence-electron chi connectivity index (χ0n) is 13.8. The van der Waals surface area contributed by atoms with Crippen LogP contribution in [-0.2, 0) is 0 Å². The molecule has 0 N–H and O–H groups in total. The van der Waals surface area contributed by atoms with E-state index in [0.29, 0.717) is 5.88 Å². The second kappa shape index (κ2) is 8.18. The van der Waals surface area contributed by atoms with E-state index >= 15 is 0 Å². The number of hydrogen-bond donors (Lipinski definition) is 0. The molecule has 1 fully saturated rings. The van der Waals surface area contributed by atoms with Gasteiger partial charge in [0.05, 0.1) is 0 Å². The summed E-state index contributed by atoms with van der Waals surface area (Å²) in [6.07, 6.45) is 6.25. The fourth-order valence-corrected chi connectivity index (χ4v) is 2.71. The van der Waals surface area contributed by atoms with E-state index in [9.17, 15) is 0 Å². The minimum atomic E-state index is 0.614. The van der Waals surface area contributed by atoms with Crippen LogP contribution in [0.25, 0.3) is 12.7 Å². The van der Waals surface area contributed by atoms with Crippen molar-refractivity contribution in [2.24, 2.45) is 0 Å². The molecule has 1 saturated heterocycles. The zero-order valence-corrected chi connectivity index (χ0v) is 13.8. The summed E-state index contributed by atoms with van der Waals surface area (Å²) in [6, 6.07) is 10.1. The Hall–Kier alpha value is -2.55. The zero-order chi connectivity index (χ0) is 16.7. The van der Waals surface area contributed by atoms with Crippen LogP contribution in [0.4, 0.5) is 5.69 Å². The Balaban J connectivity index is 0.000000924. The van der Waals surface area contributed by atoms with Gasteiger partial charge in [-0.3, -0.25) is 0 Å². The van der Waals surface area contributed by atoms with E-state index in [4.69, 9.17) is 4.74 Å². The summed E-state index contributed by atoms with van der Waals surface area (Å²) >= 11 is 0. The molecule has 1 aliphatic heterocycles. The van der Waals surface area contributed by atoms with E-state index in [0.717, 1.165) is 29.3 Å². The molecule has 1 aromatic carbocycles. The van der Waals surface area contributed by atoms with Crippen molar-refractivity contribution in [1.29, 1.82) is 0 Å². The fraction of sp³-hybridized carbons (Fsp3) is 0.250. The van der Waals surface area contributed by atoms with Crippen LogP contribution < -0.4 is 20.1 Å². The van der Waals surface area contributed by atoms with Gasteiger partial charge in [-0.05, 0) is 43.2 Å². The van der Waals surface area contributed by atoms with Gasteiger partial charge in [0.15, 0.2) is 0 Å². The van der Waals surface area contributed by atoms with Gasteiger partial charge in [-0.25, -0.2) is 4.98 Å². The number of ether oxygens (including phenoxy) is 1. The standard InChI is InChI=1S/C18H20N2O.C2H4/c1-3-17-14(2)9-10-19-18(17)21-16-8-6-7-15(13-16)20-11-4-5-12-20;1-2/h3,6-10,13H,2,4-5,11-12H2,1H3;1-2H2/b17-3+;. The van der Waals surface area contributed by atoms with Crippen molar-refractivity contribution in [3.05, 3.63) is 60.1 Å². The van der Waals surface area contributed by atoms with Crippen molar-refractivity contribution in [2.75, 3.05) is 18.0 Å². The summed E-state index contributed by atoms with van der Waals surface area (Å²) in [5.74, 6) is 1.43. The number of anilines is 1. The summed E-state index contributed by atoms with van der Waals surface area (Å²) in [5.41, 5.74) is 1.22. The van der Waals surface area contributed by atoms with Gasteiger partial charge >= 0.3 is 0 Å².